The monoisotopic (exact) mass is 509 g/mol. The molecule has 0 bridgehead atoms. The zero-order chi connectivity index (χ0) is 26.8. The lowest BCUT2D eigenvalue weighted by atomic mass is 9.34. The fraction of sp³-hybridized carbons (Fsp3) is 0.774. The number of carboxylic acid groups (broad SMARTS) is 1. The third kappa shape index (κ3) is 2.89. The Morgan fingerprint density at radius 1 is 1.08 bits per heavy atom. The van der Waals surface area contributed by atoms with Crippen LogP contribution in [0.3, 0.4) is 0 Å². The lowest BCUT2D eigenvalue weighted by molar-refractivity contribution is -0.189. The fourth-order valence-electron chi connectivity index (χ4n) is 10.7. The number of rotatable bonds is 2. The number of aromatic nitrogens is 1. The van der Waals surface area contributed by atoms with Gasteiger partial charge in [-0.3, -0.25) is 9.59 Å². The van der Waals surface area contributed by atoms with Crippen LogP contribution in [-0.2, 0) is 21.4 Å². The predicted octanol–water partition coefficient (Wildman–Crippen LogP) is 5.73. The quantitative estimate of drug-likeness (QED) is 0.528. The van der Waals surface area contributed by atoms with Gasteiger partial charge in [0.05, 0.1) is 23.6 Å². The summed E-state index contributed by atoms with van der Waals surface area (Å²) in [6.07, 6.45) is 10.1. The van der Waals surface area contributed by atoms with E-state index in [0.29, 0.717) is 12.8 Å². The van der Waals surface area contributed by atoms with E-state index in [2.05, 4.69) is 46.7 Å². The van der Waals surface area contributed by atoms with Gasteiger partial charge in [0.25, 0.3) is 0 Å². The number of aliphatic hydroxyl groups is 1. The molecule has 1 heterocycles. The third-order valence-electron chi connectivity index (χ3n) is 12.9. The first-order chi connectivity index (χ1) is 17.2. The highest BCUT2D eigenvalue weighted by molar-refractivity contribution is 5.96. The van der Waals surface area contributed by atoms with Gasteiger partial charge in [-0.15, -0.1) is 0 Å². The number of ketones is 1. The van der Waals surface area contributed by atoms with Crippen LogP contribution in [0.5, 0.6) is 0 Å². The molecule has 5 aliphatic rings. The second-order valence-electron chi connectivity index (χ2n) is 15.1. The van der Waals surface area contributed by atoms with Gasteiger partial charge in [-0.2, -0.15) is 0 Å². The van der Waals surface area contributed by atoms with Crippen LogP contribution in [-0.4, -0.2) is 33.7 Å². The van der Waals surface area contributed by atoms with Crippen LogP contribution in [0.15, 0.2) is 22.4 Å². The molecule has 6 rings (SSSR count). The molecule has 0 saturated heterocycles. The van der Waals surface area contributed by atoms with Crippen molar-refractivity contribution >= 4 is 11.8 Å². The van der Waals surface area contributed by atoms with Gasteiger partial charge in [-0.1, -0.05) is 45.3 Å². The van der Waals surface area contributed by atoms with Crippen LogP contribution < -0.4 is 0 Å². The van der Waals surface area contributed by atoms with Crippen molar-refractivity contribution in [3.05, 3.63) is 29.2 Å². The smallest absolute Gasteiger partial charge is 0.309 e. The normalized spacial score (nSPS) is 48.0. The summed E-state index contributed by atoms with van der Waals surface area (Å²) < 4.78 is 5.70. The molecular weight excluding hydrogens is 466 g/mol. The Bertz CT molecular complexity index is 1210. The minimum absolute atomic E-state index is 0.0223. The Balaban J connectivity index is 1.52. The summed E-state index contributed by atoms with van der Waals surface area (Å²) in [5.74, 6) is -0.0610. The van der Waals surface area contributed by atoms with Crippen molar-refractivity contribution in [3.8, 4) is 0 Å². The summed E-state index contributed by atoms with van der Waals surface area (Å²) in [5, 5.41) is 25.3. The molecule has 0 unspecified atom stereocenters. The molecule has 1 aromatic rings. The van der Waals surface area contributed by atoms with Crippen LogP contribution >= 0.6 is 0 Å². The molecular formula is C31H43NO5. The minimum atomic E-state index is -0.796. The fourth-order valence-corrected chi connectivity index (χ4v) is 10.7. The summed E-state index contributed by atoms with van der Waals surface area (Å²) in [6.45, 7) is 13.5. The number of aliphatic hydroxyl groups excluding tert-OH is 1. The SMILES string of the molecule is CC1(C)CC[C@]2(C(=O)O)CC[C@]3(C)[C@H](C(=O)C=C4[C@@]5(C)Cc6cnoc6[C@@](C)(CO)[C@@H]5CC[C@]43C)[C@@H]2C1. The Kier molecular flexibility index (Phi) is 5.04. The van der Waals surface area contributed by atoms with Crippen LogP contribution in [0, 0.1) is 44.8 Å². The predicted molar refractivity (Wildman–Crippen MR) is 139 cm³/mol. The van der Waals surface area contributed by atoms with Crippen LogP contribution in [0.4, 0.5) is 0 Å². The van der Waals surface area contributed by atoms with Crippen molar-refractivity contribution in [1.82, 2.24) is 5.16 Å². The number of hydrogen-bond acceptors (Lipinski definition) is 5. The molecule has 37 heavy (non-hydrogen) atoms. The van der Waals surface area contributed by atoms with E-state index >= 15 is 0 Å². The number of carbonyl (C=O) groups excluding carboxylic acids is 1. The first kappa shape index (κ1) is 25.3. The van der Waals surface area contributed by atoms with Crippen molar-refractivity contribution in [2.75, 3.05) is 6.61 Å². The highest BCUT2D eigenvalue weighted by atomic mass is 16.5. The Morgan fingerprint density at radius 2 is 1.78 bits per heavy atom. The number of aliphatic carboxylic acids is 1. The van der Waals surface area contributed by atoms with E-state index in [1.54, 1.807) is 6.20 Å². The molecule has 2 N–H and O–H groups in total. The molecule has 5 aliphatic carbocycles. The molecule has 3 fully saturated rings. The van der Waals surface area contributed by atoms with E-state index in [1.807, 2.05) is 6.08 Å². The molecule has 1 aromatic heterocycles. The Labute approximate surface area is 220 Å². The van der Waals surface area contributed by atoms with Gasteiger partial charge >= 0.3 is 5.97 Å². The van der Waals surface area contributed by atoms with Crippen molar-refractivity contribution in [2.45, 2.75) is 98.3 Å². The van der Waals surface area contributed by atoms with Crippen molar-refractivity contribution in [1.29, 1.82) is 0 Å². The second-order valence-corrected chi connectivity index (χ2v) is 15.1. The summed E-state index contributed by atoms with van der Waals surface area (Å²) in [7, 11) is 0. The standard InChI is InChI=1S/C31H43NO5/c1-26(2)9-11-31(25(35)36)12-10-30(6)23(19(31)15-26)20(34)13-22-27(3)14-18-16-32-37-24(18)28(4,17-33)21(27)7-8-29(22,30)5/h13,16,19,21,23,33H,7-12,14-15,17H2,1-6H3,(H,35,36)/t19-,21+,23-,27-,28-,29+,30+,31-/m0/s1. The number of carboxylic acids is 1. The maximum atomic E-state index is 14.4. The lowest BCUT2D eigenvalue weighted by Crippen LogP contribution is -2.66. The second kappa shape index (κ2) is 7.37. The summed E-state index contributed by atoms with van der Waals surface area (Å²) >= 11 is 0. The average Bonchev–Trinajstić information content (AvgIpc) is 3.28. The molecule has 0 amide bonds. The van der Waals surface area contributed by atoms with Crippen LogP contribution in [0.2, 0.25) is 0 Å². The molecule has 0 spiro atoms. The number of hydrogen-bond donors (Lipinski definition) is 2. The van der Waals surface area contributed by atoms with E-state index in [-0.39, 0.29) is 51.8 Å². The molecule has 202 valence electrons. The van der Waals surface area contributed by atoms with Gasteiger partial charge in [0, 0.05) is 11.5 Å². The van der Waals surface area contributed by atoms with Gasteiger partial charge < -0.3 is 14.7 Å². The van der Waals surface area contributed by atoms with E-state index in [1.165, 1.54) is 5.57 Å². The van der Waals surface area contributed by atoms with Crippen molar-refractivity contribution in [3.63, 3.8) is 0 Å². The summed E-state index contributed by atoms with van der Waals surface area (Å²) in [6, 6.07) is 0. The first-order valence-electron chi connectivity index (χ1n) is 14.2. The van der Waals surface area contributed by atoms with Crippen molar-refractivity contribution in [2.24, 2.45) is 44.8 Å². The van der Waals surface area contributed by atoms with E-state index in [9.17, 15) is 19.8 Å². The highest BCUT2D eigenvalue weighted by Gasteiger charge is 2.71. The van der Waals surface area contributed by atoms with Gasteiger partial charge in [0.15, 0.2) is 5.78 Å². The van der Waals surface area contributed by atoms with Crippen LogP contribution in [0.25, 0.3) is 0 Å². The van der Waals surface area contributed by atoms with E-state index in [4.69, 9.17) is 4.52 Å². The molecule has 6 heteroatoms. The lowest BCUT2D eigenvalue weighted by Gasteiger charge is -2.69. The Morgan fingerprint density at radius 3 is 2.46 bits per heavy atom. The number of allylic oxidation sites excluding steroid dienone is 2. The molecule has 0 aliphatic heterocycles. The molecule has 6 nitrogen and oxygen atoms in total. The van der Waals surface area contributed by atoms with Gasteiger partial charge in [-0.25, -0.2) is 0 Å². The Hall–Kier alpha value is -1.95. The summed E-state index contributed by atoms with van der Waals surface area (Å²) in [5.41, 5.74) is 0.105. The van der Waals surface area contributed by atoms with Gasteiger partial charge in [-0.05, 0) is 97.9 Å². The third-order valence-corrected chi connectivity index (χ3v) is 12.9. The highest BCUT2D eigenvalue weighted by Crippen LogP contribution is 2.74. The van der Waals surface area contributed by atoms with Crippen molar-refractivity contribution < 1.29 is 24.3 Å². The topological polar surface area (TPSA) is 101 Å². The average molecular weight is 510 g/mol. The first-order valence-corrected chi connectivity index (χ1v) is 14.2. The zero-order valence-electron chi connectivity index (χ0n) is 23.3. The maximum Gasteiger partial charge on any atom is 0.309 e. The molecule has 3 saturated carbocycles. The number of carbonyl (C=O) groups is 2. The zero-order valence-corrected chi connectivity index (χ0v) is 23.3. The largest absolute Gasteiger partial charge is 0.481 e. The van der Waals surface area contributed by atoms with E-state index in [0.717, 1.165) is 49.8 Å². The molecule has 0 aromatic carbocycles. The van der Waals surface area contributed by atoms with Crippen LogP contribution in [0.1, 0.15) is 97.8 Å². The van der Waals surface area contributed by atoms with Gasteiger partial charge in [0.2, 0.25) is 0 Å². The van der Waals surface area contributed by atoms with E-state index < -0.39 is 16.8 Å². The molecule has 8 atom stereocenters. The summed E-state index contributed by atoms with van der Waals surface area (Å²) in [4.78, 5) is 27.2. The number of nitrogens with zero attached hydrogens (tertiary/aromatic N) is 1. The maximum absolute atomic E-state index is 14.4. The van der Waals surface area contributed by atoms with Gasteiger partial charge in [0.1, 0.15) is 5.76 Å². The minimum Gasteiger partial charge on any atom is -0.481 e. The molecule has 0 radical (unpaired) electrons. The number of fused-ring (bicyclic) bond motifs is 8.